The Bertz CT molecular complexity index is 1480. The molecule has 0 aliphatic carbocycles. The molecule has 0 saturated carbocycles. The summed E-state index contributed by atoms with van der Waals surface area (Å²) in [6.07, 6.45) is 1.49. The van der Waals surface area contributed by atoms with Crippen LogP contribution in [0.15, 0.2) is 65.6 Å². The van der Waals surface area contributed by atoms with Gasteiger partial charge < -0.3 is 14.8 Å². The second-order valence-corrected chi connectivity index (χ2v) is 9.91. The maximum Gasteiger partial charge on any atom is 0.293 e. The van der Waals surface area contributed by atoms with Gasteiger partial charge in [0.2, 0.25) is 0 Å². The summed E-state index contributed by atoms with van der Waals surface area (Å²) in [5.41, 5.74) is 1.49. The molecule has 0 radical (unpaired) electrons. The van der Waals surface area contributed by atoms with Crippen molar-refractivity contribution in [2.45, 2.75) is 6.54 Å². The minimum Gasteiger partial charge on any atom is -0.493 e. The second kappa shape index (κ2) is 12.2. The molecule has 0 spiro atoms. The molecule has 200 valence electrons. The van der Waals surface area contributed by atoms with Crippen LogP contribution in [0.5, 0.6) is 11.5 Å². The molecule has 4 rings (SSSR count). The van der Waals surface area contributed by atoms with E-state index in [2.05, 4.69) is 5.32 Å². The second-order valence-electron chi connectivity index (χ2n) is 8.07. The molecule has 13 heteroatoms. The quantitative estimate of drug-likeness (QED) is 0.179. The summed E-state index contributed by atoms with van der Waals surface area (Å²) < 4.78 is 11.0. The molecule has 0 atom stereocenters. The Morgan fingerprint density at radius 1 is 1.10 bits per heavy atom. The van der Waals surface area contributed by atoms with Gasteiger partial charge in [0.25, 0.3) is 22.7 Å². The molecule has 1 N–H and O–H groups in total. The van der Waals surface area contributed by atoms with Crippen LogP contribution in [-0.2, 0) is 16.1 Å². The number of ether oxygens (including phenoxy) is 2. The highest BCUT2D eigenvalue weighted by molar-refractivity contribution is 8.18. The first-order chi connectivity index (χ1) is 18.6. The van der Waals surface area contributed by atoms with E-state index in [1.807, 2.05) is 0 Å². The third kappa shape index (κ3) is 6.88. The number of hydrogen-bond donors (Lipinski definition) is 1. The number of amides is 3. The van der Waals surface area contributed by atoms with E-state index in [1.54, 1.807) is 30.3 Å². The van der Waals surface area contributed by atoms with Crippen molar-refractivity contribution < 1.29 is 28.8 Å². The maximum absolute atomic E-state index is 12.9. The molecular formula is C26H19Cl2N3O7S. The van der Waals surface area contributed by atoms with Crippen LogP contribution in [0.4, 0.5) is 16.2 Å². The first-order valence-corrected chi connectivity index (χ1v) is 12.8. The molecule has 10 nitrogen and oxygen atoms in total. The predicted octanol–water partition coefficient (Wildman–Crippen LogP) is 6.16. The number of nitro groups is 1. The standard InChI is InChI=1S/C26H19Cl2N3O7S/c1-37-21-11-16(10-20(28)24(21)38-14-23(32)29-18-6-4-17(27)5-7-18)12-22-25(33)30(26(34)39-22)13-15-2-8-19(9-3-15)31(35)36/h2-12H,13-14H2,1H3,(H,29,32)/b22-12-. The maximum atomic E-state index is 12.9. The zero-order valence-corrected chi connectivity index (χ0v) is 22.5. The lowest BCUT2D eigenvalue weighted by atomic mass is 10.1. The molecule has 3 aromatic carbocycles. The van der Waals surface area contributed by atoms with E-state index in [0.29, 0.717) is 21.8 Å². The molecule has 0 unspecified atom stereocenters. The zero-order valence-electron chi connectivity index (χ0n) is 20.2. The molecule has 1 aliphatic heterocycles. The smallest absolute Gasteiger partial charge is 0.293 e. The number of nitrogens with zero attached hydrogens (tertiary/aromatic N) is 2. The zero-order chi connectivity index (χ0) is 28.1. The normalized spacial score (nSPS) is 14.0. The minimum atomic E-state index is -0.529. The van der Waals surface area contributed by atoms with Gasteiger partial charge >= 0.3 is 0 Å². The minimum absolute atomic E-state index is 0.0328. The molecule has 1 aliphatic rings. The average molecular weight is 588 g/mol. The summed E-state index contributed by atoms with van der Waals surface area (Å²) in [6.45, 7) is -0.380. The van der Waals surface area contributed by atoms with Crippen LogP contribution in [0.1, 0.15) is 11.1 Å². The first kappa shape index (κ1) is 28.0. The topological polar surface area (TPSA) is 128 Å². The Morgan fingerprint density at radius 2 is 1.79 bits per heavy atom. The van der Waals surface area contributed by atoms with E-state index < -0.39 is 22.0 Å². The van der Waals surface area contributed by atoms with Crippen LogP contribution in [0.25, 0.3) is 6.08 Å². The average Bonchev–Trinajstić information content (AvgIpc) is 3.16. The van der Waals surface area contributed by atoms with Crippen molar-refractivity contribution in [2.75, 3.05) is 19.0 Å². The highest BCUT2D eigenvalue weighted by atomic mass is 35.5. The van der Waals surface area contributed by atoms with Gasteiger partial charge in [-0.15, -0.1) is 0 Å². The Balaban J connectivity index is 1.45. The van der Waals surface area contributed by atoms with Crippen LogP contribution >= 0.6 is 35.0 Å². The molecule has 1 fully saturated rings. The molecule has 0 aromatic heterocycles. The highest BCUT2D eigenvalue weighted by Gasteiger charge is 2.35. The van der Waals surface area contributed by atoms with E-state index in [9.17, 15) is 24.5 Å². The van der Waals surface area contributed by atoms with Crippen molar-refractivity contribution in [1.29, 1.82) is 0 Å². The molecule has 0 bridgehead atoms. The number of carbonyl (C=O) groups is 3. The Morgan fingerprint density at radius 3 is 2.44 bits per heavy atom. The number of non-ortho nitro benzene ring substituents is 1. The molecular weight excluding hydrogens is 569 g/mol. The third-order valence-electron chi connectivity index (χ3n) is 5.39. The fourth-order valence-corrected chi connectivity index (χ4v) is 4.76. The number of nitro benzene ring substituents is 1. The number of hydrogen-bond acceptors (Lipinski definition) is 8. The Kier molecular flexibility index (Phi) is 8.75. The highest BCUT2D eigenvalue weighted by Crippen LogP contribution is 2.39. The number of benzene rings is 3. The molecule has 1 heterocycles. The van der Waals surface area contributed by atoms with Crippen molar-refractivity contribution in [3.63, 3.8) is 0 Å². The van der Waals surface area contributed by atoms with Crippen LogP contribution in [0, 0.1) is 10.1 Å². The van der Waals surface area contributed by atoms with Crippen molar-refractivity contribution in [2.24, 2.45) is 0 Å². The molecule has 3 aromatic rings. The van der Waals surface area contributed by atoms with E-state index in [1.165, 1.54) is 43.5 Å². The van der Waals surface area contributed by atoms with Crippen LogP contribution in [0.2, 0.25) is 10.0 Å². The van der Waals surface area contributed by atoms with Crippen LogP contribution in [-0.4, -0.2) is 40.6 Å². The van der Waals surface area contributed by atoms with Gasteiger partial charge in [-0.3, -0.25) is 29.4 Å². The lowest BCUT2D eigenvalue weighted by molar-refractivity contribution is -0.384. The monoisotopic (exact) mass is 587 g/mol. The summed E-state index contributed by atoms with van der Waals surface area (Å²) in [5, 5.41) is 13.7. The van der Waals surface area contributed by atoms with Gasteiger partial charge in [0, 0.05) is 22.8 Å². The van der Waals surface area contributed by atoms with Crippen LogP contribution < -0.4 is 14.8 Å². The number of methoxy groups -OCH3 is 1. The van der Waals surface area contributed by atoms with Gasteiger partial charge in [0.05, 0.1) is 28.5 Å². The number of anilines is 1. The van der Waals surface area contributed by atoms with E-state index in [-0.39, 0.29) is 40.3 Å². The van der Waals surface area contributed by atoms with Crippen molar-refractivity contribution in [3.8, 4) is 11.5 Å². The molecule has 3 amide bonds. The first-order valence-electron chi connectivity index (χ1n) is 11.2. The van der Waals surface area contributed by atoms with E-state index in [4.69, 9.17) is 32.7 Å². The molecule has 39 heavy (non-hydrogen) atoms. The summed E-state index contributed by atoms with van der Waals surface area (Å²) in [4.78, 5) is 49.2. The van der Waals surface area contributed by atoms with Gasteiger partial charge in [-0.1, -0.05) is 35.3 Å². The number of imide groups is 1. The third-order valence-corrected chi connectivity index (χ3v) is 6.83. The fraction of sp³-hybridized carbons (Fsp3) is 0.115. The SMILES string of the molecule is COc1cc(/C=C2\SC(=O)N(Cc3ccc([N+](=O)[O-])cc3)C2=O)cc(Cl)c1OCC(=O)Nc1ccc(Cl)cc1. The van der Waals surface area contributed by atoms with Crippen molar-refractivity contribution in [3.05, 3.63) is 96.9 Å². The summed E-state index contributed by atoms with van der Waals surface area (Å²) in [7, 11) is 1.40. The summed E-state index contributed by atoms with van der Waals surface area (Å²) in [6, 6.07) is 15.2. The number of thioether (sulfide) groups is 1. The van der Waals surface area contributed by atoms with E-state index >= 15 is 0 Å². The van der Waals surface area contributed by atoms with E-state index in [0.717, 1.165) is 16.7 Å². The number of halogens is 2. The van der Waals surface area contributed by atoms with Gasteiger partial charge in [-0.25, -0.2) is 0 Å². The number of nitrogens with one attached hydrogen (secondary N) is 1. The summed E-state index contributed by atoms with van der Waals surface area (Å²) in [5.74, 6) is -0.592. The largest absolute Gasteiger partial charge is 0.493 e. The summed E-state index contributed by atoms with van der Waals surface area (Å²) >= 11 is 13.0. The predicted molar refractivity (Wildman–Crippen MR) is 148 cm³/mol. The molecule has 1 saturated heterocycles. The Labute approximate surface area is 236 Å². The fourth-order valence-electron chi connectivity index (χ4n) is 3.52. The Hall–Kier alpha value is -4.06. The number of rotatable bonds is 9. The van der Waals surface area contributed by atoms with Gasteiger partial charge in [0.1, 0.15) is 0 Å². The van der Waals surface area contributed by atoms with Crippen LogP contribution in [0.3, 0.4) is 0 Å². The van der Waals surface area contributed by atoms with Crippen molar-refractivity contribution in [1.82, 2.24) is 4.90 Å². The van der Waals surface area contributed by atoms with Gasteiger partial charge in [0.15, 0.2) is 18.1 Å². The van der Waals surface area contributed by atoms with Gasteiger partial charge in [-0.2, -0.15) is 0 Å². The van der Waals surface area contributed by atoms with Gasteiger partial charge in [-0.05, 0) is 65.4 Å². The lowest BCUT2D eigenvalue weighted by Gasteiger charge is -2.14. The number of carbonyl (C=O) groups excluding carboxylic acids is 3. The van der Waals surface area contributed by atoms with Crippen molar-refractivity contribution >= 4 is 69.5 Å². The lowest BCUT2D eigenvalue weighted by Crippen LogP contribution is -2.27.